The number of benzene rings is 2. The monoisotopic (exact) mass is 441 g/mol. The van der Waals surface area contributed by atoms with E-state index in [9.17, 15) is 23.1 Å². The van der Waals surface area contributed by atoms with Crippen molar-refractivity contribution in [2.75, 3.05) is 31.2 Å². The summed E-state index contributed by atoms with van der Waals surface area (Å²) in [7, 11) is -3.29. The number of likely N-dealkylation sites (tertiary alicyclic amines) is 1. The first kappa shape index (κ1) is 20.1. The highest BCUT2D eigenvalue weighted by Crippen LogP contribution is 2.46. The van der Waals surface area contributed by atoms with Gasteiger partial charge in [0.25, 0.3) is 0 Å². The van der Waals surface area contributed by atoms with Crippen molar-refractivity contribution in [3.05, 3.63) is 59.7 Å². The fourth-order valence-electron chi connectivity index (χ4n) is 5.37. The van der Waals surface area contributed by atoms with Crippen molar-refractivity contribution >= 4 is 21.9 Å². The molecule has 7 nitrogen and oxygen atoms in total. The Morgan fingerprint density at radius 2 is 1.68 bits per heavy atom. The number of aliphatic carboxylic acids is 1. The Morgan fingerprint density at radius 1 is 1.06 bits per heavy atom. The maximum atomic E-state index is 12.9. The molecule has 0 spiro atoms. The third-order valence-electron chi connectivity index (χ3n) is 7.03. The standard InChI is InChI=1S/C23H23NO6S/c25-21(26)23-9-10-31(28,29)13-15(23)11-24(14-23)22(27)30-12-20-18-7-3-1-5-16(18)17-6-2-4-8-19(17)20/h1-8,15,20H,9-14H2,(H,25,26). The van der Waals surface area contributed by atoms with Crippen molar-refractivity contribution in [1.29, 1.82) is 0 Å². The van der Waals surface area contributed by atoms with Crippen LogP contribution in [0.5, 0.6) is 0 Å². The predicted octanol–water partition coefficient (Wildman–Crippen LogP) is 2.76. The van der Waals surface area contributed by atoms with E-state index in [1.165, 1.54) is 4.90 Å². The van der Waals surface area contributed by atoms with Crippen LogP contribution >= 0.6 is 0 Å². The highest BCUT2D eigenvalue weighted by molar-refractivity contribution is 7.91. The van der Waals surface area contributed by atoms with Crippen LogP contribution in [0.2, 0.25) is 0 Å². The van der Waals surface area contributed by atoms with Crippen molar-refractivity contribution in [3.8, 4) is 11.1 Å². The quantitative estimate of drug-likeness (QED) is 0.786. The number of hydrogen-bond donors (Lipinski definition) is 1. The number of hydrogen-bond acceptors (Lipinski definition) is 5. The second-order valence-corrected chi connectivity index (χ2v) is 10.9. The molecular weight excluding hydrogens is 418 g/mol. The van der Waals surface area contributed by atoms with Gasteiger partial charge < -0.3 is 14.7 Å². The second-order valence-electron chi connectivity index (χ2n) is 8.71. The summed E-state index contributed by atoms with van der Waals surface area (Å²) in [6.45, 7) is 0.216. The Morgan fingerprint density at radius 3 is 2.29 bits per heavy atom. The fourth-order valence-corrected chi connectivity index (χ4v) is 7.25. The molecule has 2 aromatic rings. The van der Waals surface area contributed by atoms with E-state index in [1.54, 1.807) is 0 Å². The molecule has 2 heterocycles. The van der Waals surface area contributed by atoms with Gasteiger partial charge in [-0.05, 0) is 28.7 Å². The van der Waals surface area contributed by atoms with Crippen LogP contribution in [-0.4, -0.2) is 61.7 Å². The van der Waals surface area contributed by atoms with E-state index in [-0.39, 0.29) is 43.5 Å². The first-order valence-corrected chi connectivity index (χ1v) is 12.2. The second kappa shape index (κ2) is 7.09. The Kier molecular flexibility index (Phi) is 4.58. The summed E-state index contributed by atoms with van der Waals surface area (Å²) < 4.78 is 29.7. The summed E-state index contributed by atoms with van der Waals surface area (Å²) in [5.74, 6) is -2.10. The molecule has 0 bridgehead atoms. The van der Waals surface area contributed by atoms with E-state index in [2.05, 4.69) is 12.1 Å². The number of amides is 1. The molecular formula is C23H23NO6S. The Labute approximate surface area is 180 Å². The van der Waals surface area contributed by atoms with E-state index in [0.717, 1.165) is 22.3 Å². The van der Waals surface area contributed by atoms with Crippen LogP contribution in [0.3, 0.4) is 0 Å². The molecule has 0 saturated carbocycles. The molecule has 0 aromatic heterocycles. The molecule has 5 rings (SSSR count). The molecule has 2 saturated heterocycles. The van der Waals surface area contributed by atoms with Crippen LogP contribution < -0.4 is 0 Å². The van der Waals surface area contributed by atoms with Crippen molar-refractivity contribution < 1.29 is 27.9 Å². The molecule has 3 aliphatic rings. The van der Waals surface area contributed by atoms with E-state index < -0.39 is 33.2 Å². The van der Waals surface area contributed by atoms with Gasteiger partial charge >= 0.3 is 12.1 Å². The lowest BCUT2D eigenvalue weighted by Crippen LogP contribution is -2.47. The van der Waals surface area contributed by atoms with Gasteiger partial charge in [-0.15, -0.1) is 0 Å². The average molecular weight is 442 g/mol. The first-order valence-electron chi connectivity index (χ1n) is 10.3. The topological polar surface area (TPSA) is 101 Å². The first-order chi connectivity index (χ1) is 14.8. The fraction of sp³-hybridized carbons (Fsp3) is 0.391. The van der Waals surface area contributed by atoms with Crippen molar-refractivity contribution in [2.24, 2.45) is 11.3 Å². The average Bonchev–Trinajstić information content (AvgIpc) is 3.28. The number of nitrogens with zero attached hydrogens (tertiary/aromatic N) is 1. The van der Waals surface area contributed by atoms with Crippen LogP contribution in [0.1, 0.15) is 23.5 Å². The smallest absolute Gasteiger partial charge is 0.409 e. The normalized spacial score (nSPS) is 26.1. The molecule has 2 unspecified atom stereocenters. The number of carbonyl (C=O) groups is 2. The molecule has 2 atom stereocenters. The van der Waals surface area contributed by atoms with Crippen LogP contribution in [0.4, 0.5) is 4.79 Å². The van der Waals surface area contributed by atoms with Gasteiger partial charge in [0.05, 0.1) is 16.9 Å². The van der Waals surface area contributed by atoms with Crippen LogP contribution in [-0.2, 0) is 19.4 Å². The molecule has 8 heteroatoms. The highest BCUT2D eigenvalue weighted by atomic mass is 32.2. The van der Waals surface area contributed by atoms with Crippen LogP contribution in [0, 0.1) is 11.3 Å². The largest absolute Gasteiger partial charge is 0.481 e. The van der Waals surface area contributed by atoms with E-state index in [1.807, 2.05) is 36.4 Å². The van der Waals surface area contributed by atoms with Gasteiger partial charge in [-0.3, -0.25) is 4.79 Å². The van der Waals surface area contributed by atoms with Gasteiger partial charge in [0.15, 0.2) is 9.84 Å². The third kappa shape index (κ3) is 3.20. The highest BCUT2D eigenvalue weighted by Gasteiger charge is 2.57. The van der Waals surface area contributed by atoms with Gasteiger partial charge in [0.1, 0.15) is 6.61 Å². The lowest BCUT2D eigenvalue weighted by molar-refractivity contribution is -0.150. The lowest BCUT2D eigenvalue weighted by Gasteiger charge is -2.33. The van der Waals surface area contributed by atoms with Gasteiger partial charge in [-0.2, -0.15) is 0 Å². The molecule has 2 aliphatic heterocycles. The minimum Gasteiger partial charge on any atom is -0.481 e. The molecule has 162 valence electrons. The Bertz CT molecular complexity index is 1130. The van der Waals surface area contributed by atoms with E-state index in [0.29, 0.717) is 0 Å². The molecule has 2 aromatic carbocycles. The third-order valence-corrected chi connectivity index (χ3v) is 8.77. The number of rotatable bonds is 3. The number of sulfone groups is 1. The van der Waals surface area contributed by atoms with Crippen molar-refractivity contribution in [1.82, 2.24) is 4.90 Å². The van der Waals surface area contributed by atoms with Gasteiger partial charge in [-0.1, -0.05) is 48.5 Å². The van der Waals surface area contributed by atoms with Gasteiger partial charge in [-0.25, -0.2) is 13.2 Å². The van der Waals surface area contributed by atoms with E-state index in [4.69, 9.17) is 4.74 Å². The zero-order valence-electron chi connectivity index (χ0n) is 16.9. The summed E-state index contributed by atoms with van der Waals surface area (Å²) in [5, 5.41) is 9.82. The minimum atomic E-state index is -3.29. The van der Waals surface area contributed by atoms with Crippen LogP contribution in [0.25, 0.3) is 11.1 Å². The predicted molar refractivity (Wildman–Crippen MR) is 113 cm³/mol. The van der Waals surface area contributed by atoms with Gasteiger partial charge in [0.2, 0.25) is 0 Å². The number of carbonyl (C=O) groups excluding carboxylic acids is 1. The van der Waals surface area contributed by atoms with Crippen molar-refractivity contribution in [3.63, 3.8) is 0 Å². The molecule has 2 fully saturated rings. The molecule has 1 amide bonds. The number of ether oxygens (including phenoxy) is 1. The number of carboxylic acid groups (broad SMARTS) is 1. The summed E-state index contributed by atoms with van der Waals surface area (Å²) in [6, 6.07) is 16.1. The summed E-state index contributed by atoms with van der Waals surface area (Å²) in [4.78, 5) is 26.2. The van der Waals surface area contributed by atoms with E-state index >= 15 is 0 Å². The Hall–Kier alpha value is -2.87. The maximum absolute atomic E-state index is 12.9. The summed E-state index contributed by atoms with van der Waals surface area (Å²) in [5.41, 5.74) is 3.24. The number of fused-ring (bicyclic) bond motifs is 4. The lowest BCUT2D eigenvalue weighted by atomic mass is 9.76. The Balaban J connectivity index is 1.33. The molecule has 1 N–H and O–H groups in total. The molecule has 31 heavy (non-hydrogen) atoms. The van der Waals surface area contributed by atoms with Crippen LogP contribution in [0.15, 0.2) is 48.5 Å². The molecule has 0 radical (unpaired) electrons. The number of carboxylic acids is 1. The summed E-state index contributed by atoms with van der Waals surface area (Å²) >= 11 is 0. The minimum absolute atomic E-state index is 0.0147. The molecule has 1 aliphatic carbocycles. The maximum Gasteiger partial charge on any atom is 0.409 e. The summed E-state index contributed by atoms with van der Waals surface area (Å²) in [6.07, 6.45) is -0.558. The van der Waals surface area contributed by atoms with Crippen molar-refractivity contribution in [2.45, 2.75) is 12.3 Å². The zero-order valence-corrected chi connectivity index (χ0v) is 17.7. The SMILES string of the molecule is O=C(OCC1c2ccccc2-c2ccccc21)N1CC2CS(=O)(=O)CCC2(C(=O)O)C1. The van der Waals surface area contributed by atoms with Gasteiger partial charge in [0, 0.05) is 24.9 Å². The zero-order chi connectivity index (χ0) is 21.8.